The predicted molar refractivity (Wildman–Crippen MR) is 390 cm³/mol. The fourth-order valence-electron chi connectivity index (χ4n) is 12.5. The number of hydrogen-bond donors (Lipinski definition) is 8. The maximum atomic E-state index is 14.7. The number of aryl methyl sites for hydroxylation is 2. The van der Waals surface area contributed by atoms with Gasteiger partial charge >= 0.3 is 29.2 Å². The molecule has 42 nitrogen and oxygen atoms in total. The van der Waals surface area contributed by atoms with Crippen LogP contribution in [0.15, 0.2) is 98.8 Å². The van der Waals surface area contributed by atoms with E-state index in [4.69, 9.17) is 43.7 Å². The average Bonchev–Trinajstić information content (AvgIpc) is 0.868. The van der Waals surface area contributed by atoms with Crippen molar-refractivity contribution in [1.82, 2.24) is 35.0 Å². The molecule has 6 atom stereocenters. The van der Waals surface area contributed by atoms with E-state index < -0.39 is 123 Å². The van der Waals surface area contributed by atoms with Gasteiger partial charge in [0.05, 0.1) is 58.8 Å². The van der Waals surface area contributed by atoms with Crippen LogP contribution in [-0.4, -0.2) is 213 Å². The second-order valence-corrected chi connectivity index (χ2v) is 32.8. The van der Waals surface area contributed by atoms with Crippen LogP contribution in [0.1, 0.15) is 99.7 Å². The van der Waals surface area contributed by atoms with Crippen molar-refractivity contribution in [1.29, 1.82) is 0 Å². The number of rotatable bonds is 40. The van der Waals surface area contributed by atoms with Crippen LogP contribution in [0, 0.1) is 11.8 Å². The summed E-state index contributed by atoms with van der Waals surface area (Å²) in [7, 11) is -24.4. The quantitative estimate of drug-likeness (QED) is 0.00398. The Morgan fingerprint density at radius 2 is 1.62 bits per heavy atom. The molecule has 0 bridgehead atoms. The van der Waals surface area contributed by atoms with E-state index in [9.17, 15) is 83.7 Å². The summed E-state index contributed by atoms with van der Waals surface area (Å²) in [6.45, 7) is -0.989. The van der Waals surface area contributed by atoms with Gasteiger partial charge in [0.1, 0.15) is 68.2 Å². The summed E-state index contributed by atoms with van der Waals surface area (Å²) in [6.07, 6.45) is -0.987. The Labute approximate surface area is 638 Å². The SMILES string of the molecule is CN(CCCC(=O)NCCNC(=O)c1cccc(OCC(N=[N+]=[N-])OCCOCC(=O)NCC#Cc2cn([C@H]3CC(OCN=[N+]=[N-])[C@@H](COP(=O)(O)OP(=O)(O)OP(=O)(O)O)O3)c(=O)[nH]c2=O)c1)C(=O)c1ccccc1C1=c2cc3c(cc2Oc2cc4c(cc21)CCCN4CCCS(=O)(=O)[O-])=[N+](CCCS(=O)(=O)[O-])CCC3. The smallest absolute Gasteiger partial charge is 0.490 e. The Bertz CT molecular complexity index is 5180. The lowest BCUT2D eigenvalue weighted by atomic mass is 9.86. The van der Waals surface area contributed by atoms with E-state index in [0.717, 1.165) is 62.1 Å². The zero-order valence-electron chi connectivity index (χ0n) is 59.7. The van der Waals surface area contributed by atoms with Gasteiger partial charge in [-0.25, -0.2) is 39.9 Å². The van der Waals surface area contributed by atoms with Gasteiger partial charge in [-0.1, -0.05) is 46.3 Å². The first-order valence-corrected chi connectivity index (χ1v) is 42.1. The van der Waals surface area contributed by atoms with Gasteiger partial charge in [0.2, 0.25) is 17.2 Å². The Morgan fingerprint density at radius 1 is 0.857 bits per heavy atom. The van der Waals surface area contributed by atoms with Crippen LogP contribution in [0.3, 0.4) is 0 Å². The number of benzene rings is 4. The number of carbonyl (C=O) groups is 4. The van der Waals surface area contributed by atoms with Crippen LogP contribution in [0.4, 0.5) is 5.69 Å². The molecule has 8 N–H and O–H groups in total. The highest BCUT2D eigenvalue weighted by Gasteiger charge is 2.44. The van der Waals surface area contributed by atoms with Crippen LogP contribution in [-0.2, 0) is 88.5 Å². The van der Waals surface area contributed by atoms with E-state index >= 15 is 0 Å². The van der Waals surface area contributed by atoms with Crippen LogP contribution < -0.4 is 56.7 Å². The number of anilines is 1. The van der Waals surface area contributed by atoms with E-state index in [1.807, 2.05) is 50.9 Å². The number of phosphoric acid groups is 3. The number of carbonyl (C=O) groups excluding carboxylic acids is 4. The third kappa shape index (κ3) is 25.9. The molecule has 4 aliphatic rings. The van der Waals surface area contributed by atoms with E-state index in [-0.39, 0.29) is 107 Å². The Kier molecular flexibility index (Phi) is 30.6. The summed E-state index contributed by atoms with van der Waals surface area (Å²) in [4.78, 5) is 127. The number of phosphoric ester groups is 1. The van der Waals surface area contributed by atoms with Gasteiger partial charge in [-0.3, -0.25) is 38.0 Å². The highest BCUT2D eigenvalue weighted by Crippen LogP contribution is 2.66. The van der Waals surface area contributed by atoms with E-state index in [1.54, 1.807) is 31.3 Å². The van der Waals surface area contributed by atoms with E-state index in [2.05, 4.69) is 61.0 Å². The van der Waals surface area contributed by atoms with Crippen molar-refractivity contribution in [3.8, 4) is 29.1 Å². The summed E-state index contributed by atoms with van der Waals surface area (Å²) >= 11 is 0. The highest BCUT2D eigenvalue weighted by atomic mass is 32.2. The van der Waals surface area contributed by atoms with Gasteiger partial charge in [0.15, 0.2) is 6.23 Å². The van der Waals surface area contributed by atoms with Crippen molar-refractivity contribution in [2.24, 2.45) is 10.2 Å². The lowest BCUT2D eigenvalue weighted by Gasteiger charge is -2.34. The maximum absolute atomic E-state index is 14.7. The van der Waals surface area contributed by atoms with Gasteiger partial charge in [-0.2, -0.15) is 8.62 Å². The van der Waals surface area contributed by atoms with Crippen molar-refractivity contribution >= 4 is 78.6 Å². The van der Waals surface area contributed by atoms with Gasteiger partial charge in [-0.05, 0) is 90.7 Å². The number of fused-ring (bicyclic) bond motifs is 4. The molecule has 0 aliphatic carbocycles. The summed E-state index contributed by atoms with van der Waals surface area (Å²) in [5, 5.41) is 16.3. The highest BCUT2D eigenvalue weighted by molar-refractivity contribution is 7.85. The molecule has 4 unspecified atom stereocenters. The Morgan fingerprint density at radius 3 is 2.38 bits per heavy atom. The van der Waals surface area contributed by atoms with Crippen LogP contribution in [0.25, 0.3) is 26.5 Å². The lowest BCUT2D eigenvalue weighted by Crippen LogP contribution is -2.40. The van der Waals surface area contributed by atoms with E-state index in [1.165, 1.54) is 17.0 Å². The minimum absolute atomic E-state index is 0.0417. The second-order valence-electron chi connectivity index (χ2n) is 25.4. The third-order valence-corrected chi connectivity index (χ3v) is 22.7. The number of nitrogens with one attached hydrogen (secondary N) is 4. The van der Waals surface area contributed by atoms with Gasteiger partial charge in [0, 0.05) is 138 Å². The molecule has 5 aromatic rings. The molecule has 4 aromatic carbocycles. The zero-order chi connectivity index (χ0) is 81.0. The molecular formula is C65H78N14O28P3S2-. The fourth-order valence-corrected chi connectivity index (χ4v) is 16.5. The summed E-state index contributed by atoms with van der Waals surface area (Å²) in [6, 6.07) is 21.1. The minimum atomic E-state index is -5.88. The van der Waals surface area contributed by atoms with Crippen molar-refractivity contribution in [3.63, 3.8) is 0 Å². The average molecular weight is 1660 g/mol. The first-order chi connectivity index (χ1) is 53.2. The molecule has 4 aliphatic heterocycles. The normalized spacial score (nSPS) is 17.2. The first-order valence-electron chi connectivity index (χ1n) is 34.5. The van der Waals surface area contributed by atoms with Crippen LogP contribution in [0.2, 0.25) is 0 Å². The van der Waals surface area contributed by atoms with E-state index in [0.29, 0.717) is 61.6 Å². The number of ether oxygens (including phenoxy) is 6. The van der Waals surface area contributed by atoms with Crippen molar-refractivity contribution in [2.45, 2.75) is 82.5 Å². The number of aromatic nitrogens is 2. The first kappa shape index (κ1) is 86.7. The van der Waals surface area contributed by atoms with Crippen LogP contribution >= 0.6 is 23.5 Å². The molecule has 9 rings (SSSR count). The molecule has 47 heteroatoms. The second kappa shape index (κ2) is 39.5. The summed E-state index contributed by atoms with van der Waals surface area (Å²) in [5.41, 5.74) is 21.0. The van der Waals surface area contributed by atoms with Crippen molar-refractivity contribution in [3.05, 3.63) is 170 Å². The van der Waals surface area contributed by atoms with Gasteiger partial charge < -0.3 is 82.9 Å². The summed E-state index contributed by atoms with van der Waals surface area (Å²) in [5.74, 6) is 3.33. The number of amides is 4. The number of aromatic amines is 1. The fraction of sp³-hybridized carbons (Fsp3) is 0.462. The largest absolute Gasteiger partial charge is 0.748 e. The molecule has 112 heavy (non-hydrogen) atoms. The summed E-state index contributed by atoms with van der Waals surface area (Å²) < 4.78 is 154. The molecule has 0 spiro atoms. The molecule has 604 valence electrons. The molecule has 0 radical (unpaired) electrons. The molecule has 5 heterocycles. The molecule has 4 amide bonds. The molecule has 1 saturated heterocycles. The monoisotopic (exact) mass is 1660 g/mol. The number of hydrogen-bond acceptors (Lipinski definition) is 27. The molecule has 0 saturated carbocycles. The van der Waals surface area contributed by atoms with Crippen molar-refractivity contribution < 1.29 is 120 Å². The number of nitrogens with zero attached hydrogens (tertiary/aromatic N) is 10. The molecular weight excluding hydrogens is 1580 g/mol. The third-order valence-electron chi connectivity index (χ3n) is 17.3. The number of H-pyrrole nitrogens is 1. The Balaban J connectivity index is 0.708. The minimum Gasteiger partial charge on any atom is -0.748 e. The standard InChI is InChI=1S/C65H79N14O28P3S2/c1-76(64(84)48-17-3-2-16-47(48)61-49-32-42-13-6-23-77(25-9-29-111(93,94)95)51(42)34-53(49)104-54-35-52-43(33-50(54)61)14-7-24-78(52)26-10-30-112(96,97)98)22-8-18-57(80)69-20-21-70-62(82)44-11-4-15-46(31-44)101-40-59(73-75-67)100-28-27-99-39-58(81)68-19-5-12-45-37-79(65(85)72-63(45)83)60-36-55(102-41-71-74-66)56(105-60)38-103-109(89,90)107-110(91,92)106-108(86,87)88/h2-4,11,15-17,31-35,37,55-56,59-60H,6-10,13-14,18-30,36,38-41H2,1H3,(H9-,68,69,70,72,80,81,82,83,85,86,87,88,89,90,91,92,93,94,95,96,97,98)/p-1/t55?,56-,59?,60-/m1/s1. The van der Waals surface area contributed by atoms with Gasteiger partial charge in [-0.15, -0.1) is 0 Å². The van der Waals surface area contributed by atoms with Gasteiger partial charge in [0.25, 0.3) is 17.4 Å². The van der Waals surface area contributed by atoms with Crippen LogP contribution in [0.5, 0.6) is 17.2 Å². The number of azide groups is 2. The lowest BCUT2D eigenvalue weighted by molar-refractivity contribution is -0.126. The maximum Gasteiger partial charge on any atom is 0.490 e. The van der Waals surface area contributed by atoms with Crippen molar-refractivity contribution in [2.75, 3.05) is 116 Å². The zero-order valence-corrected chi connectivity index (χ0v) is 64.0. The molecule has 1 aromatic heterocycles. The molecule has 1 fully saturated rings. The predicted octanol–water partition coefficient (Wildman–Crippen LogP) is 1.85. The Hall–Kier alpha value is -9.24. The topological polar surface area (TPSA) is 596 Å².